The van der Waals surface area contributed by atoms with Crippen molar-refractivity contribution in [2.24, 2.45) is 5.92 Å². The van der Waals surface area contributed by atoms with Crippen LogP contribution in [-0.4, -0.2) is 72.9 Å². The first-order chi connectivity index (χ1) is 8.20. The van der Waals surface area contributed by atoms with E-state index in [9.17, 15) is 4.79 Å². The van der Waals surface area contributed by atoms with Crippen LogP contribution in [-0.2, 0) is 9.53 Å². The number of aliphatic hydroxyl groups is 1. The Morgan fingerprint density at radius 1 is 1.47 bits per heavy atom. The molecular weight excluding hydrogens is 220 g/mol. The van der Waals surface area contributed by atoms with Crippen LogP contribution in [0.15, 0.2) is 0 Å². The molecule has 0 radical (unpaired) electrons. The highest BCUT2D eigenvalue weighted by atomic mass is 16.5. The van der Waals surface area contributed by atoms with E-state index < -0.39 is 0 Å². The molecule has 2 aliphatic heterocycles. The van der Waals surface area contributed by atoms with Crippen LogP contribution in [0.3, 0.4) is 0 Å². The van der Waals surface area contributed by atoms with E-state index in [4.69, 9.17) is 9.84 Å². The number of aliphatic hydroxyl groups excluding tert-OH is 1. The van der Waals surface area contributed by atoms with Crippen LogP contribution in [0.4, 0.5) is 0 Å². The minimum atomic E-state index is 0.119. The van der Waals surface area contributed by atoms with Crippen molar-refractivity contribution in [1.29, 1.82) is 0 Å². The van der Waals surface area contributed by atoms with Crippen molar-refractivity contribution in [3.8, 4) is 0 Å². The normalized spacial score (nSPS) is 28.7. The molecule has 5 heteroatoms. The molecule has 0 aliphatic carbocycles. The van der Waals surface area contributed by atoms with Gasteiger partial charge in [-0.2, -0.15) is 0 Å². The molecule has 0 saturated carbocycles. The van der Waals surface area contributed by atoms with Gasteiger partial charge in [0.25, 0.3) is 0 Å². The van der Waals surface area contributed by atoms with Crippen LogP contribution < -0.4 is 0 Å². The van der Waals surface area contributed by atoms with E-state index in [2.05, 4.69) is 11.8 Å². The quantitative estimate of drug-likeness (QED) is 0.725. The average molecular weight is 242 g/mol. The molecule has 2 fully saturated rings. The van der Waals surface area contributed by atoms with Crippen LogP contribution in [0.25, 0.3) is 0 Å². The fourth-order valence-corrected chi connectivity index (χ4v) is 2.61. The molecule has 0 bridgehead atoms. The summed E-state index contributed by atoms with van der Waals surface area (Å²) in [6, 6.07) is 0.375. The topological polar surface area (TPSA) is 53.0 Å². The van der Waals surface area contributed by atoms with E-state index >= 15 is 0 Å². The number of carbonyl (C=O) groups is 1. The van der Waals surface area contributed by atoms with E-state index in [1.807, 2.05) is 4.90 Å². The summed E-state index contributed by atoms with van der Waals surface area (Å²) in [5.41, 5.74) is 0. The first-order valence-electron chi connectivity index (χ1n) is 6.41. The largest absolute Gasteiger partial charge is 0.396 e. The first kappa shape index (κ1) is 12.8. The van der Waals surface area contributed by atoms with Gasteiger partial charge in [0.15, 0.2) is 0 Å². The highest BCUT2D eigenvalue weighted by Crippen LogP contribution is 2.18. The number of likely N-dealkylation sites (tertiary alicyclic amines) is 1. The van der Waals surface area contributed by atoms with Gasteiger partial charge in [0, 0.05) is 51.2 Å². The Balaban J connectivity index is 1.81. The van der Waals surface area contributed by atoms with Gasteiger partial charge in [0.2, 0.25) is 5.91 Å². The summed E-state index contributed by atoms with van der Waals surface area (Å²) < 4.78 is 5.32. The van der Waals surface area contributed by atoms with Gasteiger partial charge in [-0.05, 0) is 6.92 Å². The average Bonchev–Trinajstić information content (AvgIpc) is 2.71. The number of amides is 1. The third-order valence-corrected chi connectivity index (χ3v) is 3.71. The van der Waals surface area contributed by atoms with Crippen LogP contribution >= 0.6 is 0 Å². The number of hydrogen-bond acceptors (Lipinski definition) is 4. The predicted octanol–water partition coefficient (Wildman–Crippen LogP) is -0.452. The summed E-state index contributed by atoms with van der Waals surface area (Å²) >= 11 is 0. The Hall–Kier alpha value is -0.650. The summed E-state index contributed by atoms with van der Waals surface area (Å²) in [7, 11) is 0. The molecule has 0 aromatic heterocycles. The zero-order valence-corrected chi connectivity index (χ0v) is 10.5. The van der Waals surface area contributed by atoms with Gasteiger partial charge in [-0.25, -0.2) is 0 Å². The van der Waals surface area contributed by atoms with E-state index in [1.165, 1.54) is 0 Å². The summed E-state index contributed by atoms with van der Waals surface area (Å²) in [6.45, 7) is 7.24. The molecule has 2 heterocycles. The minimum absolute atomic E-state index is 0.119. The number of hydrogen-bond donors (Lipinski definition) is 1. The Labute approximate surface area is 102 Å². The van der Waals surface area contributed by atoms with Gasteiger partial charge >= 0.3 is 0 Å². The second-order valence-corrected chi connectivity index (χ2v) is 5.05. The maximum atomic E-state index is 11.7. The predicted molar refractivity (Wildman–Crippen MR) is 63.6 cm³/mol. The number of nitrogens with zero attached hydrogens (tertiary/aromatic N) is 2. The molecule has 98 valence electrons. The maximum absolute atomic E-state index is 11.7. The molecule has 2 saturated heterocycles. The molecule has 1 N–H and O–H groups in total. The smallest absolute Gasteiger partial charge is 0.223 e. The molecule has 2 aliphatic rings. The van der Waals surface area contributed by atoms with Crippen molar-refractivity contribution in [2.75, 3.05) is 46.0 Å². The number of ether oxygens (including phenoxy) is 1. The Bertz CT molecular complexity index is 266. The lowest BCUT2D eigenvalue weighted by Gasteiger charge is -2.34. The summed E-state index contributed by atoms with van der Waals surface area (Å²) in [4.78, 5) is 16.0. The van der Waals surface area contributed by atoms with E-state index in [0.717, 1.165) is 32.8 Å². The van der Waals surface area contributed by atoms with Crippen LogP contribution in [0.1, 0.15) is 13.3 Å². The number of morpholine rings is 1. The van der Waals surface area contributed by atoms with Gasteiger partial charge in [-0.3, -0.25) is 9.69 Å². The van der Waals surface area contributed by atoms with E-state index in [1.54, 1.807) is 0 Å². The van der Waals surface area contributed by atoms with Gasteiger partial charge in [-0.1, -0.05) is 0 Å². The number of rotatable bonds is 4. The fraction of sp³-hybridized carbons (Fsp3) is 0.917. The van der Waals surface area contributed by atoms with Gasteiger partial charge in [-0.15, -0.1) is 0 Å². The SMILES string of the molecule is CC(CN1CC(CO)CC1=O)N1CCOCC1. The highest BCUT2D eigenvalue weighted by molar-refractivity contribution is 5.78. The van der Waals surface area contributed by atoms with E-state index in [-0.39, 0.29) is 18.4 Å². The van der Waals surface area contributed by atoms with Gasteiger partial charge in [0.05, 0.1) is 13.2 Å². The molecular formula is C12H22N2O3. The first-order valence-corrected chi connectivity index (χ1v) is 6.41. The molecule has 0 aromatic rings. The van der Waals surface area contributed by atoms with Crippen molar-refractivity contribution in [2.45, 2.75) is 19.4 Å². The summed E-state index contributed by atoms with van der Waals surface area (Å²) in [6.07, 6.45) is 0.506. The standard InChI is InChI=1S/C12H22N2O3/c1-10(13-2-4-17-5-3-13)7-14-8-11(9-15)6-12(14)16/h10-11,15H,2-9H2,1H3. The Morgan fingerprint density at radius 3 is 2.76 bits per heavy atom. The molecule has 2 unspecified atom stereocenters. The van der Waals surface area contributed by atoms with Gasteiger partial charge < -0.3 is 14.7 Å². The third-order valence-electron chi connectivity index (χ3n) is 3.71. The molecule has 0 aromatic carbocycles. The molecule has 5 nitrogen and oxygen atoms in total. The van der Waals surface area contributed by atoms with Crippen LogP contribution in [0.5, 0.6) is 0 Å². The Morgan fingerprint density at radius 2 is 2.18 bits per heavy atom. The van der Waals surface area contributed by atoms with Crippen LogP contribution in [0, 0.1) is 5.92 Å². The van der Waals surface area contributed by atoms with Gasteiger partial charge in [0.1, 0.15) is 0 Å². The monoisotopic (exact) mass is 242 g/mol. The minimum Gasteiger partial charge on any atom is -0.396 e. The Kier molecular flexibility index (Phi) is 4.36. The highest BCUT2D eigenvalue weighted by Gasteiger charge is 2.31. The lowest BCUT2D eigenvalue weighted by atomic mass is 10.1. The van der Waals surface area contributed by atoms with Crippen molar-refractivity contribution >= 4 is 5.91 Å². The van der Waals surface area contributed by atoms with Crippen molar-refractivity contribution in [1.82, 2.24) is 9.80 Å². The third kappa shape index (κ3) is 3.18. The van der Waals surface area contributed by atoms with E-state index in [0.29, 0.717) is 19.0 Å². The molecule has 1 amide bonds. The molecule has 2 rings (SSSR count). The fourth-order valence-electron chi connectivity index (χ4n) is 2.61. The van der Waals surface area contributed by atoms with Crippen LogP contribution in [0.2, 0.25) is 0 Å². The lowest BCUT2D eigenvalue weighted by Crippen LogP contribution is -2.47. The van der Waals surface area contributed by atoms with Crippen molar-refractivity contribution in [3.05, 3.63) is 0 Å². The summed E-state index contributed by atoms with van der Waals surface area (Å²) in [5, 5.41) is 9.08. The van der Waals surface area contributed by atoms with Crippen molar-refractivity contribution < 1.29 is 14.6 Å². The second kappa shape index (κ2) is 5.80. The summed E-state index contributed by atoms with van der Waals surface area (Å²) in [5.74, 6) is 0.323. The zero-order chi connectivity index (χ0) is 12.3. The molecule has 0 spiro atoms. The van der Waals surface area contributed by atoms with Crippen molar-refractivity contribution in [3.63, 3.8) is 0 Å². The molecule has 2 atom stereocenters. The molecule has 17 heavy (non-hydrogen) atoms. The zero-order valence-electron chi connectivity index (χ0n) is 10.5. The lowest BCUT2D eigenvalue weighted by molar-refractivity contribution is -0.128. The maximum Gasteiger partial charge on any atom is 0.223 e. The number of carbonyl (C=O) groups excluding carboxylic acids is 1. The second-order valence-electron chi connectivity index (χ2n) is 5.05.